The zero-order chi connectivity index (χ0) is 12.2. The van der Waals surface area contributed by atoms with Crippen LogP contribution in [0.2, 0.25) is 5.15 Å². The summed E-state index contributed by atoms with van der Waals surface area (Å²) in [7, 11) is 0. The van der Waals surface area contributed by atoms with Crippen LogP contribution >= 0.6 is 27.5 Å². The van der Waals surface area contributed by atoms with E-state index in [2.05, 4.69) is 52.3 Å². The molecule has 0 spiro atoms. The van der Waals surface area contributed by atoms with Crippen molar-refractivity contribution in [3.05, 3.63) is 21.9 Å². The number of nitrogens with zero attached hydrogens (tertiary/aromatic N) is 1. The van der Waals surface area contributed by atoms with Gasteiger partial charge < -0.3 is 10.6 Å². The second-order valence-electron chi connectivity index (χ2n) is 4.60. The lowest BCUT2D eigenvalue weighted by Crippen LogP contribution is -2.38. The third-order valence-electron chi connectivity index (χ3n) is 1.90. The van der Waals surface area contributed by atoms with Gasteiger partial charge in [-0.1, -0.05) is 11.6 Å². The van der Waals surface area contributed by atoms with E-state index in [1.54, 1.807) is 6.20 Å². The van der Waals surface area contributed by atoms with Gasteiger partial charge in [-0.25, -0.2) is 4.98 Å². The molecule has 90 valence electrons. The van der Waals surface area contributed by atoms with Crippen molar-refractivity contribution in [2.75, 3.05) is 18.4 Å². The molecule has 0 atom stereocenters. The molecule has 0 radical (unpaired) electrons. The molecule has 0 fully saturated rings. The summed E-state index contributed by atoms with van der Waals surface area (Å²) in [6, 6.07) is 1.92. The Morgan fingerprint density at radius 1 is 1.38 bits per heavy atom. The molecule has 1 aromatic rings. The van der Waals surface area contributed by atoms with Crippen molar-refractivity contribution in [1.29, 1.82) is 0 Å². The van der Waals surface area contributed by atoms with Gasteiger partial charge in [-0.15, -0.1) is 0 Å². The van der Waals surface area contributed by atoms with Gasteiger partial charge in [-0.3, -0.25) is 0 Å². The van der Waals surface area contributed by atoms with Crippen molar-refractivity contribution in [2.45, 2.75) is 26.3 Å². The van der Waals surface area contributed by atoms with Gasteiger partial charge in [0.15, 0.2) is 5.15 Å². The van der Waals surface area contributed by atoms with E-state index in [-0.39, 0.29) is 5.54 Å². The molecule has 0 aliphatic carbocycles. The highest BCUT2D eigenvalue weighted by Gasteiger charge is 2.07. The van der Waals surface area contributed by atoms with Crippen molar-refractivity contribution in [3.63, 3.8) is 0 Å². The summed E-state index contributed by atoms with van der Waals surface area (Å²) in [5, 5.41) is 7.13. The first-order valence-corrected chi connectivity index (χ1v) is 6.35. The van der Waals surface area contributed by atoms with Gasteiger partial charge in [-0.05, 0) is 42.8 Å². The zero-order valence-electron chi connectivity index (χ0n) is 9.77. The number of pyridine rings is 1. The first kappa shape index (κ1) is 13.7. The molecule has 0 saturated carbocycles. The van der Waals surface area contributed by atoms with E-state index in [9.17, 15) is 0 Å². The monoisotopic (exact) mass is 305 g/mol. The van der Waals surface area contributed by atoms with E-state index in [1.807, 2.05) is 6.07 Å². The molecule has 0 amide bonds. The molecule has 3 nitrogen and oxygen atoms in total. The Balaban J connectivity index is 2.40. The maximum Gasteiger partial charge on any atom is 0.152 e. The van der Waals surface area contributed by atoms with E-state index >= 15 is 0 Å². The van der Waals surface area contributed by atoms with Crippen molar-refractivity contribution < 1.29 is 0 Å². The lowest BCUT2D eigenvalue weighted by molar-refractivity contribution is 0.435. The van der Waals surface area contributed by atoms with Crippen LogP contribution in [0.1, 0.15) is 20.8 Å². The van der Waals surface area contributed by atoms with Crippen LogP contribution in [0.15, 0.2) is 16.7 Å². The topological polar surface area (TPSA) is 37.0 Å². The van der Waals surface area contributed by atoms with Gasteiger partial charge >= 0.3 is 0 Å². The van der Waals surface area contributed by atoms with Crippen LogP contribution in [0, 0.1) is 0 Å². The fourth-order valence-electron chi connectivity index (χ4n) is 1.18. The summed E-state index contributed by atoms with van der Waals surface area (Å²) in [5.74, 6) is 0. The molecule has 1 heterocycles. The normalized spacial score (nSPS) is 11.6. The number of aromatic nitrogens is 1. The van der Waals surface area contributed by atoms with Crippen molar-refractivity contribution in [3.8, 4) is 0 Å². The molecular weight excluding hydrogens is 289 g/mol. The smallest absolute Gasteiger partial charge is 0.152 e. The number of hydrogen-bond donors (Lipinski definition) is 2. The van der Waals surface area contributed by atoms with E-state index in [1.165, 1.54) is 0 Å². The number of anilines is 1. The third kappa shape index (κ3) is 5.14. The fourth-order valence-corrected chi connectivity index (χ4v) is 1.68. The van der Waals surface area contributed by atoms with Gasteiger partial charge in [0.2, 0.25) is 0 Å². The largest absolute Gasteiger partial charge is 0.381 e. The summed E-state index contributed by atoms with van der Waals surface area (Å²) >= 11 is 9.31. The third-order valence-corrected chi connectivity index (χ3v) is 2.64. The zero-order valence-corrected chi connectivity index (χ0v) is 12.1. The maximum atomic E-state index is 5.95. The standard InChI is InChI=1S/C11H17BrClN3/c1-11(2,3)16-5-4-14-9-6-8(12)7-15-10(9)13/h6-7,14,16H,4-5H2,1-3H3. The minimum absolute atomic E-state index is 0.140. The summed E-state index contributed by atoms with van der Waals surface area (Å²) < 4.78 is 0.920. The molecule has 0 aliphatic heterocycles. The molecule has 0 saturated heterocycles. The van der Waals surface area contributed by atoms with Gasteiger partial charge in [0, 0.05) is 29.3 Å². The lowest BCUT2D eigenvalue weighted by atomic mass is 10.1. The highest BCUT2D eigenvalue weighted by atomic mass is 79.9. The van der Waals surface area contributed by atoms with E-state index < -0.39 is 0 Å². The number of hydrogen-bond acceptors (Lipinski definition) is 3. The molecule has 0 aliphatic rings. The Kier molecular flexibility index (Phi) is 5.02. The summed E-state index contributed by atoms with van der Waals surface area (Å²) in [6.07, 6.45) is 1.68. The van der Waals surface area contributed by atoms with Crippen LogP contribution in [-0.4, -0.2) is 23.6 Å². The molecule has 2 N–H and O–H groups in total. The van der Waals surface area contributed by atoms with Crippen molar-refractivity contribution in [1.82, 2.24) is 10.3 Å². The van der Waals surface area contributed by atoms with Gasteiger partial charge in [-0.2, -0.15) is 0 Å². The predicted octanol–water partition coefficient (Wildman–Crippen LogP) is 3.30. The molecule has 0 aromatic carbocycles. The number of halogens is 2. The Bertz CT molecular complexity index is 350. The number of rotatable bonds is 4. The van der Waals surface area contributed by atoms with E-state index in [4.69, 9.17) is 11.6 Å². The van der Waals surface area contributed by atoms with Crippen LogP contribution in [0.3, 0.4) is 0 Å². The maximum absolute atomic E-state index is 5.95. The van der Waals surface area contributed by atoms with Gasteiger partial charge in [0.1, 0.15) is 0 Å². The fraction of sp³-hybridized carbons (Fsp3) is 0.545. The average molecular weight is 307 g/mol. The highest BCUT2D eigenvalue weighted by molar-refractivity contribution is 9.10. The van der Waals surface area contributed by atoms with E-state index in [0.717, 1.165) is 23.2 Å². The Morgan fingerprint density at radius 3 is 2.69 bits per heavy atom. The van der Waals surface area contributed by atoms with Crippen molar-refractivity contribution in [2.24, 2.45) is 0 Å². The Labute approximate surface area is 110 Å². The molecule has 1 rings (SSSR count). The molecule has 0 unspecified atom stereocenters. The molecule has 1 aromatic heterocycles. The summed E-state index contributed by atoms with van der Waals surface area (Å²) in [4.78, 5) is 4.04. The second kappa shape index (κ2) is 5.84. The van der Waals surface area contributed by atoms with Gasteiger partial charge in [0.05, 0.1) is 5.69 Å². The second-order valence-corrected chi connectivity index (χ2v) is 5.87. The highest BCUT2D eigenvalue weighted by Crippen LogP contribution is 2.22. The number of nitrogens with one attached hydrogen (secondary N) is 2. The minimum atomic E-state index is 0.140. The minimum Gasteiger partial charge on any atom is -0.381 e. The quantitative estimate of drug-likeness (QED) is 0.662. The van der Waals surface area contributed by atoms with Crippen LogP contribution in [0.5, 0.6) is 0 Å². The molecule has 0 bridgehead atoms. The van der Waals surface area contributed by atoms with Crippen LogP contribution in [-0.2, 0) is 0 Å². The molecular formula is C11H17BrClN3. The summed E-state index contributed by atoms with van der Waals surface area (Å²) in [6.45, 7) is 8.11. The van der Waals surface area contributed by atoms with Crippen LogP contribution in [0.4, 0.5) is 5.69 Å². The molecule has 5 heteroatoms. The van der Waals surface area contributed by atoms with Crippen molar-refractivity contribution >= 4 is 33.2 Å². The summed E-state index contributed by atoms with van der Waals surface area (Å²) in [5.41, 5.74) is 0.993. The lowest BCUT2D eigenvalue weighted by Gasteiger charge is -2.20. The Morgan fingerprint density at radius 2 is 2.06 bits per heavy atom. The van der Waals surface area contributed by atoms with Crippen LogP contribution < -0.4 is 10.6 Å². The molecule has 16 heavy (non-hydrogen) atoms. The van der Waals surface area contributed by atoms with Crippen LogP contribution in [0.25, 0.3) is 0 Å². The first-order chi connectivity index (χ1) is 7.38. The predicted molar refractivity (Wildman–Crippen MR) is 73.2 cm³/mol. The van der Waals surface area contributed by atoms with Gasteiger partial charge in [0.25, 0.3) is 0 Å². The van der Waals surface area contributed by atoms with E-state index in [0.29, 0.717) is 5.15 Å². The SMILES string of the molecule is CC(C)(C)NCCNc1cc(Br)cnc1Cl. The average Bonchev–Trinajstić information content (AvgIpc) is 2.16. The first-order valence-electron chi connectivity index (χ1n) is 5.18. The Hall–Kier alpha value is -0.320.